The highest BCUT2D eigenvalue weighted by molar-refractivity contribution is 5.97. The summed E-state index contributed by atoms with van der Waals surface area (Å²) in [5, 5.41) is 28.9. The molecular formula is C12H13NO6. The van der Waals surface area contributed by atoms with Crippen LogP contribution in [0.1, 0.15) is 22.3 Å². The van der Waals surface area contributed by atoms with E-state index >= 15 is 0 Å². The van der Waals surface area contributed by atoms with Gasteiger partial charge in [-0.25, -0.2) is 4.79 Å². The highest BCUT2D eigenvalue weighted by Gasteiger charge is 2.23. The summed E-state index contributed by atoms with van der Waals surface area (Å²) in [6.45, 7) is 1.64. The number of aliphatic carboxylic acids is 2. The van der Waals surface area contributed by atoms with Gasteiger partial charge in [-0.15, -0.1) is 0 Å². The lowest BCUT2D eigenvalue weighted by Crippen LogP contribution is -2.42. The molecule has 102 valence electrons. The van der Waals surface area contributed by atoms with Crippen molar-refractivity contribution in [3.8, 4) is 5.75 Å². The van der Waals surface area contributed by atoms with Gasteiger partial charge >= 0.3 is 11.9 Å². The lowest BCUT2D eigenvalue weighted by Gasteiger charge is -2.12. The zero-order valence-electron chi connectivity index (χ0n) is 10.1. The summed E-state index contributed by atoms with van der Waals surface area (Å²) in [4.78, 5) is 33.0. The SMILES string of the molecule is Cc1ccc(C(=O)NC(CC(=O)O)C(=O)O)cc1O. The van der Waals surface area contributed by atoms with E-state index in [0.29, 0.717) is 5.56 Å². The lowest BCUT2D eigenvalue weighted by molar-refractivity contribution is -0.145. The third-order valence-electron chi connectivity index (χ3n) is 2.45. The Kier molecular flexibility index (Phi) is 4.46. The standard InChI is InChI=1S/C12H13NO6/c1-6-2-3-7(4-9(6)14)11(17)13-8(12(18)19)5-10(15)16/h2-4,8,14H,5H2,1H3,(H,13,17)(H,15,16)(H,18,19). The van der Waals surface area contributed by atoms with E-state index in [1.54, 1.807) is 6.92 Å². The summed E-state index contributed by atoms with van der Waals surface area (Å²) < 4.78 is 0. The molecule has 1 rings (SSSR count). The molecule has 0 aliphatic rings. The minimum absolute atomic E-state index is 0.0553. The summed E-state index contributed by atoms with van der Waals surface area (Å²) in [6, 6.07) is 2.57. The van der Waals surface area contributed by atoms with E-state index in [1.807, 2.05) is 0 Å². The molecule has 7 nitrogen and oxygen atoms in total. The lowest BCUT2D eigenvalue weighted by atomic mass is 10.1. The molecule has 0 aliphatic heterocycles. The maximum atomic E-state index is 11.7. The molecule has 0 bridgehead atoms. The molecule has 0 fully saturated rings. The third-order valence-corrected chi connectivity index (χ3v) is 2.45. The van der Waals surface area contributed by atoms with Gasteiger partial charge in [0.15, 0.2) is 0 Å². The number of amides is 1. The number of carbonyl (C=O) groups is 3. The Morgan fingerprint density at radius 2 is 1.89 bits per heavy atom. The van der Waals surface area contributed by atoms with Gasteiger partial charge in [-0.3, -0.25) is 9.59 Å². The molecule has 1 aromatic carbocycles. The van der Waals surface area contributed by atoms with Crippen LogP contribution in [0.3, 0.4) is 0 Å². The molecule has 0 heterocycles. The molecule has 7 heteroatoms. The number of hydrogen-bond acceptors (Lipinski definition) is 4. The Hall–Kier alpha value is -2.57. The van der Waals surface area contributed by atoms with Gasteiger partial charge in [0.25, 0.3) is 5.91 Å². The van der Waals surface area contributed by atoms with Crippen molar-refractivity contribution in [2.45, 2.75) is 19.4 Å². The van der Waals surface area contributed by atoms with E-state index in [4.69, 9.17) is 10.2 Å². The Balaban J connectivity index is 2.84. The molecule has 1 aromatic rings. The Bertz CT molecular complexity index is 525. The summed E-state index contributed by atoms with van der Waals surface area (Å²) >= 11 is 0. The van der Waals surface area contributed by atoms with Gasteiger partial charge in [0.2, 0.25) is 0 Å². The monoisotopic (exact) mass is 267 g/mol. The van der Waals surface area contributed by atoms with Crippen LogP contribution < -0.4 is 5.32 Å². The number of carbonyl (C=O) groups excluding carboxylic acids is 1. The average molecular weight is 267 g/mol. The number of carboxylic acids is 2. The fourth-order valence-corrected chi connectivity index (χ4v) is 1.37. The van der Waals surface area contributed by atoms with E-state index in [-0.39, 0.29) is 11.3 Å². The molecule has 1 atom stereocenters. The Morgan fingerprint density at radius 3 is 2.37 bits per heavy atom. The van der Waals surface area contributed by atoms with E-state index in [9.17, 15) is 19.5 Å². The van der Waals surface area contributed by atoms with Crippen molar-refractivity contribution in [1.82, 2.24) is 5.32 Å². The van der Waals surface area contributed by atoms with Crippen molar-refractivity contribution in [2.75, 3.05) is 0 Å². The molecule has 0 radical (unpaired) electrons. The quantitative estimate of drug-likeness (QED) is 0.610. The second kappa shape index (κ2) is 5.85. The smallest absolute Gasteiger partial charge is 0.326 e. The molecule has 1 amide bonds. The van der Waals surface area contributed by atoms with E-state index in [0.717, 1.165) is 0 Å². The van der Waals surface area contributed by atoms with Crippen molar-refractivity contribution in [3.63, 3.8) is 0 Å². The number of benzene rings is 1. The van der Waals surface area contributed by atoms with Crippen molar-refractivity contribution in [1.29, 1.82) is 0 Å². The molecule has 0 saturated carbocycles. The fraction of sp³-hybridized carbons (Fsp3) is 0.250. The van der Waals surface area contributed by atoms with E-state index < -0.39 is 30.3 Å². The first-order chi connectivity index (χ1) is 8.81. The minimum atomic E-state index is -1.52. The average Bonchev–Trinajstić information content (AvgIpc) is 2.31. The zero-order valence-corrected chi connectivity index (χ0v) is 10.1. The number of carboxylic acid groups (broad SMARTS) is 2. The first kappa shape index (κ1) is 14.5. The number of phenolic OH excluding ortho intramolecular Hbond substituents is 1. The van der Waals surface area contributed by atoms with Gasteiger partial charge in [0.1, 0.15) is 11.8 Å². The van der Waals surface area contributed by atoms with Gasteiger partial charge in [0.05, 0.1) is 6.42 Å². The fourth-order valence-electron chi connectivity index (χ4n) is 1.37. The highest BCUT2D eigenvalue weighted by Crippen LogP contribution is 2.17. The predicted octanol–water partition coefficient (Wildman–Crippen LogP) is 0.358. The summed E-state index contributed by atoms with van der Waals surface area (Å²) in [5.74, 6) is -3.63. The number of aryl methyl sites for hydroxylation is 1. The van der Waals surface area contributed by atoms with E-state index in [1.165, 1.54) is 18.2 Å². The molecule has 19 heavy (non-hydrogen) atoms. The second-order valence-corrected chi connectivity index (χ2v) is 3.96. The molecule has 0 aromatic heterocycles. The van der Waals surface area contributed by atoms with Crippen LogP contribution in [0.25, 0.3) is 0 Å². The largest absolute Gasteiger partial charge is 0.508 e. The molecular weight excluding hydrogens is 254 g/mol. The number of hydrogen-bond donors (Lipinski definition) is 4. The molecule has 4 N–H and O–H groups in total. The Labute approximate surface area is 108 Å². The maximum Gasteiger partial charge on any atom is 0.326 e. The van der Waals surface area contributed by atoms with Crippen LogP contribution in [0, 0.1) is 6.92 Å². The van der Waals surface area contributed by atoms with Gasteiger partial charge in [0, 0.05) is 5.56 Å². The summed E-state index contributed by atoms with van der Waals surface area (Å²) in [7, 11) is 0. The van der Waals surface area contributed by atoms with Crippen molar-refractivity contribution in [2.24, 2.45) is 0 Å². The van der Waals surface area contributed by atoms with Crippen LogP contribution in [0.15, 0.2) is 18.2 Å². The number of aromatic hydroxyl groups is 1. The van der Waals surface area contributed by atoms with Crippen molar-refractivity contribution >= 4 is 17.8 Å². The first-order valence-electron chi connectivity index (χ1n) is 5.36. The van der Waals surface area contributed by atoms with Crippen LogP contribution in [0.5, 0.6) is 5.75 Å². The van der Waals surface area contributed by atoms with Crippen molar-refractivity contribution in [3.05, 3.63) is 29.3 Å². The predicted molar refractivity (Wildman–Crippen MR) is 64.0 cm³/mol. The van der Waals surface area contributed by atoms with E-state index in [2.05, 4.69) is 5.32 Å². The van der Waals surface area contributed by atoms with Crippen LogP contribution in [0.4, 0.5) is 0 Å². The van der Waals surface area contributed by atoms with Crippen LogP contribution in [0.2, 0.25) is 0 Å². The highest BCUT2D eigenvalue weighted by atomic mass is 16.4. The first-order valence-corrected chi connectivity index (χ1v) is 5.36. The maximum absolute atomic E-state index is 11.7. The van der Waals surface area contributed by atoms with Crippen LogP contribution in [-0.4, -0.2) is 39.2 Å². The normalized spacial score (nSPS) is 11.6. The van der Waals surface area contributed by atoms with Gasteiger partial charge in [-0.05, 0) is 24.6 Å². The third kappa shape index (κ3) is 3.98. The molecule has 0 spiro atoms. The summed E-state index contributed by atoms with van der Waals surface area (Å²) in [5.41, 5.74) is 0.622. The minimum Gasteiger partial charge on any atom is -0.508 e. The molecule has 1 unspecified atom stereocenters. The topological polar surface area (TPSA) is 124 Å². The number of nitrogens with one attached hydrogen (secondary N) is 1. The van der Waals surface area contributed by atoms with Gasteiger partial charge in [-0.1, -0.05) is 6.07 Å². The Morgan fingerprint density at radius 1 is 1.26 bits per heavy atom. The summed E-state index contributed by atoms with van der Waals surface area (Å²) in [6.07, 6.45) is -0.723. The molecule has 0 saturated heterocycles. The van der Waals surface area contributed by atoms with Crippen LogP contribution >= 0.6 is 0 Å². The van der Waals surface area contributed by atoms with Gasteiger partial charge in [-0.2, -0.15) is 0 Å². The van der Waals surface area contributed by atoms with Gasteiger partial charge < -0.3 is 20.6 Å². The van der Waals surface area contributed by atoms with Crippen molar-refractivity contribution < 1.29 is 29.7 Å². The number of rotatable bonds is 5. The number of phenols is 1. The second-order valence-electron chi connectivity index (χ2n) is 3.96. The zero-order chi connectivity index (χ0) is 14.6. The van der Waals surface area contributed by atoms with Crippen LogP contribution in [-0.2, 0) is 9.59 Å². The molecule has 0 aliphatic carbocycles.